The molecular formula is C17H30IN3OS. The summed E-state index contributed by atoms with van der Waals surface area (Å²) in [7, 11) is 2.08. The number of thiophene rings is 1. The van der Waals surface area contributed by atoms with E-state index >= 15 is 0 Å². The van der Waals surface area contributed by atoms with Crippen LogP contribution < -0.4 is 5.32 Å². The number of likely N-dealkylation sites (N-methyl/N-ethyl adjacent to an activating group) is 1. The van der Waals surface area contributed by atoms with Crippen molar-refractivity contribution in [1.29, 1.82) is 0 Å². The predicted octanol–water partition coefficient (Wildman–Crippen LogP) is 3.79. The van der Waals surface area contributed by atoms with Crippen LogP contribution in [0.3, 0.4) is 0 Å². The van der Waals surface area contributed by atoms with Crippen molar-refractivity contribution in [2.24, 2.45) is 10.9 Å². The molecule has 1 heterocycles. The van der Waals surface area contributed by atoms with Crippen LogP contribution in [0.15, 0.2) is 22.5 Å². The van der Waals surface area contributed by atoms with Crippen LogP contribution in [0, 0.1) is 5.92 Å². The standard InChI is InChI=1S/C17H29N3OS.HI/c1-4-18-17(19-12-14(2)16-6-5-11-22-16)20(3)9-10-21-13-15-7-8-15;/h5-6,11,14-15H,4,7-10,12-13H2,1-3H3,(H,18,19);1H. The van der Waals surface area contributed by atoms with Gasteiger partial charge in [0.15, 0.2) is 5.96 Å². The van der Waals surface area contributed by atoms with Gasteiger partial charge in [-0.1, -0.05) is 13.0 Å². The Labute approximate surface area is 161 Å². The topological polar surface area (TPSA) is 36.9 Å². The summed E-state index contributed by atoms with van der Waals surface area (Å²) in [5.41, 5.74) is 0. The summed E-state index contributed by atoms with van der Waals surface area (Å²) in [4.78, 5) is 8.34. The number of halogens is 1. The molecule has 0 bridgehead atoms. The van der Waals surface area contributed by atoms with E-state index in [1.165, 1.54) is 17.7 Å². The Morgan fingerprint density at radius 2 is 2.30 bits per heavy atom. The highest BCUT2D eigenvalue weighted by Crippen LogP contribution is 2.28. The molecule has 1 aromatic rings. The van der Waals surface area contributed by atoms with E-state index in [9.17, 15) is 0 Å². The van der Waals surface area contributed by atoms with Crippen LogP contribution >= 0.6 is 35.3 Å². The number of nitrogens with zero attached hydrogens (tertiary/aromatic N) is 2. The average Bonchev–Trinajstić information content (AvgIpc) is 3.17. The van der Waals surface area contributed by atoms with Gasteiger partial charge >= 0.3 is 0 Å². The first kappa shape index (κ1) is 20.7. The molecule has 1 fully saturated rings. The highest BCUT2D eigenvalue weighted by Gasteiger charge is 2.21. The van der Waals surface area contributed by atoms with Crippen LogP contribution in [0.5, 0.6) is 0 Å². The van der Waals surface area contributed by atoms with Crippen molar-refractivity contribution in [3.05, 3.63) is 22.4 Å². The van der Waals surface area contributed by atoms with Crippen LogP contribution in [-0.4, -0.2) is 50.8 Å². The Hall–Kier alpha value is -0.340. The molecule has 1 aromatic heterocycles. The SMILES string of the molecule is CCNC(=NCC(C)c1cccs1)N(C)CCOCC1CC1.I. The van der Waals surface area contributed by atoms with E-state index in [0.29, 0.717) is 5.92 Å². The van der Waals surface area contributed by atoms with Gasteiger partial charge in [0, 0.05) is 37.5 Å². The summed E-state index contributed by atoms with van der Waals surface area (Å²) in [6.07, 6.45) is 2.70. The molecule has 1 N–H and O–H groups in total. The highest BCUT2D eigenvalue weighted by molar-refractivity contribution is 14.0. The molecule has 0 aliphatic heterocycles. The second-order valence-corrected chi connectivity index (χ2v) is 7.03. The van der Waals surface area contributed by atoms with Crippen molar-refractivity contribution in [2.45, 2.75) is 32.6 Å². The highest BCUT2D eigenvalue weighted by atomic mass is 127. The van der Waals surface area contributed by atoms with Gasteiger partial charge in [-0.15, -0.1) is 35.3 Å². The van der Waals surface area contributed by atoms with E-state index in [1.54, 1.807) is 11.3 Å². The molecule has 2 rings (SSSR count). The van der Waals surface area contributed by atoms with E-state index in [0.717, 1.165) is 44.7 Å². The maximum absolute atomic E-state index is 5.72. The quantitative estimate of drug-likeness (QED) is 0.269. The minimum atomic E-state index is 0. The monoisotopic (exact) mass is 451 g/mol. The number of hydrogen-bond acceptors (Lipinski definition) is 3. The van der Waals surface area contributed by atoms with Gasteiger partial charge in [0.1, 0.15) is 0 Å². The molecule has 0 spiro atoms. The summed E-state index contributed by atoms with van der Waals surface area (Å²) in [6.45, 7) is 8.63. The van der Waals surface area contributed by atoms with E-state index in [-0.39, 0.29) is 24.0 Å². The fourth-order valence-corrected chi connectivity index (χ4v) is 2.97. The van der Waals surface area contributed by atoms with Crippen molar-refractivity contribution >= 4 is 41.3 Å². The van der Waals surface area contributed by atoms with Gasteiger partial charge in [-0.25, -0.2) is 0 Å². The summed E-state index contributed by atoms with van der Waals surface area (Å²) >= 11 is 1.81. The Kier molecular flexibility index (Phi) is 10.1. The Balaban J connectivity index is 0.00000264. The first-order valence-corrected chi connectivity index (χ1v) is 9.19. The zero-order valence-corrected chi connectivity index (χ0v) is 17.6. The summed E-state index contributed by atoms with van der Waals surface area (Å²) in [6, 6.07) is 4.29. The van der Waals surface area contributed by atoms with Gasteiger partial charge in [-0.05, 0) is 37.1 Å². The van der Waals surface area contributed by atoms with Gasteiger partial charge in [0.05, 0.1) is 13.2 Å². The second kappa shape index (κ2) is 11.3. The van der Waals surface area contributed by atoms with E-state index < -0.39 is 0 Å². The molecule has 1 aliphatic rings. The fraction of sp³-hybridized carbons (Fsp3) is 0.706. The van der Waals surface area contributed by atoms with Gasteiger partial charge in [0.25, 0.3) is 0 Å². The number of aliphatic imine (C=N–C) groups is 1. The maximum atomic E-state index is 5.72. The molecule has 4 nitrogen and oxygen atoms in total. The fourth-order valence-electron chi connectivity index (χ4n) is 2.20. The number of hydrogen-bond donors (Lipinski definition) is 1. The summed E-state index contributed by atoms with van der Waals surface area (Å²) in [5, 5.41) is 5.50. The lowest BCUT2D eigenvalue weighted by atomic mass is 10.1. The molecule has 0 radical (unpaired) electrons. The smallest absolute Gasteiger partial charge is 0.193 e. The first-order valence-electron chi connectivity index (χ1n) is 8.31. The molecule has 0 aromatic carbocycles. The minimum absolute atomic E-state index is 0. The lowest BCUT2D eigenvalue weighted by molar-refractivity contribution is 0.115. The molecule has 1 aliphatic carbocycles. The molecule has 1 saturated carbocycles. The van der Waals surface area contributed by atoms with Crippen LogP contribution in [-0.2, 0) is 4.74 Å². The predicted molar refractivity (Wildman–Crippen MR) is 110 cm³/mol. The Bertz CT molecular complexity index is 449. The van der Waals surface area contributed by atoms with Crippen molar-refractivity contribution in [2.75, 3.05) is 39.9 Å². The normalized spacial score (nSPS) is 15.9. The van der Waals surface area contributed by atoms with Crippen molar-refractivity contribution in [3.63, 3.8) is 0 Å². The molecule has 0 amide bonds. The van der Waals surface area contributed by atoms with Crippen molar-refractivity contribution in [1.82, 2.24) is 10.2 Å². The van der Waals surface area contributed by atoms with Gasteiger partial charge < -0.3 is 15.0 Å². The Morgan fingerprint density at radius 3 is 2.91 bits per heavy atom. The third kappa shape index (κ3) is 7.85. The van der Waals surface area contributed by atoms with Crippen LogP contribution in [0.1, 0.15) is 37.5 Å². The lowest BCUT2D eigenvalue weighted by Gasteiger charge is -2.22. The lowest BCUT2D eigenvalue weighted by Crippen LogP contribution is -2.40. The third-order valence-corrected chi connectivity index (χ3v) is 4.97. The summed E-state index contributed by atoms with van der Waals surface area (Å²) < 4.78 is 5.72. The number of ether oxygens (including phenoxy) is 1. The van der Waals surface area contributed by atoms with Crippen LogP contribution in [0.4, 0.5) is 0 Å². The molecule has 6 heteroatoms. The zero-order valence-electron chi connectivity index (χ0n) is 14.5. The third-order valence-electron chi connectivity index (χ3n) is 3.86. The number of guanidine groups is 1. The van der Waals surface area contributed by atoms with E-state index in [4.69, 9.17) is 9.73 Å². The zero-order chi connectivity index (χ0) is 15.8. The van der Waals surface area contributed by atoms with Gasteiger partial charge in [-0.3, -0.25) is 4.99 Å². The van der Waals surface area contributed by atoms with E-state index in [2.05, 4.69) is 48.6 Å². The first-order chi connectivity index (χ1) is 10.7. The number of nitrogens with one attached hydrogen (secondary N) is 1. The average molecular weight is 451 g/mol. The van der Waals surface area contributed by atoms with Crippen molar-refractivity contribution in [3.8, 4) is 0 Å². The van der Waals surface area contributed by atoms with Crippen molar-refractivity contribution < 1.29 is 4.74 Å². The van der Waals surface area contributed by atoms with Crippen LogP contribution in [0.2, 0.25) is 0 Å². The molecule has 1 unspecified atom stereocenters. The maximum Gasteiger partial charge on any atom is 0.193 e. The van der Waals surface area contributed by atoms with Gasteiger partial charge in [0.2, 0.25) is 0 Å². The van der Waals surface area contributed by atoms with Crippen LogP contribution in [0.25, 0.3) is 0 Å². The second-order valence-electron chi connectivity index (χ2n) is 6.05. The minimum Gasteiger partial charge on any atom is -0.379 e. The van der Waals surface area contributed by atoms with E-state index in [1.807, 2.05) is 0 Å². The van der Waals surface area contributed by atoms with Gasteiger partial charge in [-0.2, -0.15) is 0 Å². The molecular weight excluding hydrogens is 421 g/mol. The number of rotatable bonds is 9. The largest absolute Gasteiger partial charge is 0.379 e. The summed E-state index contributed by atoms with van der Waals surface area (Å²) in [5.74, 6) is 2.27. The molecule has 1 atom stereocenters. The molecule has 132 valence electrons. The Morgan fingerprint density at radius 1 is 1.52 bits per heavy atom. The molecule has 0 saturated heterocycles. The molecule has 23 heavy (non-hydrogen) atoms.